The Kier molecular flexibility index (Phi) is 9.97. The Balaban J connectivity index is 2.48. The summed E-state index contributed by atoms with van der Waals surface area (Å²) in [5, 5.41) is 0. The van der Waals surface area contributed by atoms with E-state index >= 15 is 0 Å². The summed E-state index contributed by atoms with van der Waals surface area (Å²) >= 11 is 0. The van der Waals surface area contributed by atoms with E-state index in [-0.39, 0.29) is 24.2 Å². The topological polar surface area (TPSA) is 124 Å². The van der Waals surface area contributed by atoms with E-state index in [1.54, 1.807) is 0 Å². The second-order valence-corrected chi connectivity index (χ2v) is 10.5. The van der Waals surface area contributed by atoms with Crippen LogP contribution in [0.3, 0.4) is 0 Å². The second kappa shape index (κ2) is 12.5. The molecule has 2 aromatic rings. The maximum atomic E-state index is 13.6. The third kappa shape index (κ3) is 8.04. The Labute approximate surface area is 210 Å². The molecule has 11 heteroatoms. The van der Waals surface area contributed by atoms with Crippen LogP contribution < -0.4 is 4.31 Å². The van der Waals surface area contributed by atoms with Crippen molar-refractivity contribution in [3.8, 4) is 11.3 Å². The summed E-state index contributed by atoms with van der Waals surface area (Å²) in [6.45, 7) is 5.70. The molecule has 1 aromatic heterocycles. The Bertz CT molecular complexity index is 1260. The minimum absolute atomic E-state index is 0.0789. The molecule has 0 atom stereocenters. The molecule has 1 aromatic carbocycles. The van der Waals surface area contributed by atoms with Gasteiger partial charge in [-0.25, -0.2) is 27.1 Å². The monoisotopic (exact) mass is 519 g/mol. The average Bonchev–Trinajstić information content (AvgIpc) is 2.80. The number of nitrogens with zero attached hydrogens (tertiary/aromatic N) is 3. The number of hydrogen-bond acceptors (Lipinski definition) is 8. The number of allylic oxidation sites excluding steroid dienone is 1. The lowest BCUT2D eigenvalue weighted by Gasteiger charge is -2.20. The minimum Gasteiger partial charge on any atom is -0.465 e. The van der Waals surface area contributed by atoms with E-state index in [1.165, 1.54) is 43.5 Å². The van der Waals surface area contributed by atoms with Gasteiger partial charge in [-0.05, 0) is 48.8 Å². The summed E-state index contributed by atoms with van der Waals surface area (Å²) in [6, 6.07) is 5.44. The van der Waals surface area contributed by atoms with Gasteiger partial charge >= 0.3 is 5.97 Å². The first-order chi connectivity index (χ1) is 16.8. The Morgan fingerprint density at radius 3 is 2.31 bits per heavy atom. The molecule has 0 saturated heterocycles. The molecule has 0 radical (unpaired) electrons. The summed E-state index contributed by atoms with van der Waals surface area (Å²) < 4.78 is 43.6. The number of aromatic nitrogens is 2. The highest BCUT2D eigenvalue weighted by atomic mass is 32.2. The fraction of sp³-hybridized carbons (Fsp3) is 0.400. The highest BCUT2D eigenvalue weighted by Gasteiger charge is 2.22. The van der Waals surface area contributed by atoms with Crippen molar-refractivity contribution < 1.29 is 31.9 Å². The average molecular weight is 520 g/mol. The SMILES string of the molecule is CCCOC(=O)CC(=O)CC(=O)/C=C/c1c(-c2ccc(F)cc2)nc(N(C)S(C)(=O)=O)nc1C(C)C. The zero-order valence-electron chi connectivity index (χ0n) is 20.9. The van der Waals surface area contributed by atoms with Crippen molar-refractivity contribution in [2.75, 3.05) is 24.2 Å². The number of anilines is 1. The fourth-order valence-corrected chi connectivity index (χ4v) is 3.49. The molecule has 36 heavy (non-hydrogen) atoms. The number of sulfonamides is 1. The molecule has 0 unspecified atom stereocenters. The third-order valence-corrected chi connectivity index (χ3v) is 6.18. The molecular weight excluding hydrogens is 489 g/mol. The van der Waals surface area contributed by atoms with E-state index in [4.69, 9.17) is 4.74 Å². The van der Waals surface area contributed by atoms with Gasteiger partial charge < -0.3 is 4.74 Å². The first kappa shape index (κ1) is 28.8. The van der Waals surface area contributed by atoms with Crippen molar-refractivity contribution in [1.82, 2.24) is 9.97 Å². The predicted octanol–water partition coefficient (Wildman–Crippen LogP) is 3.69. The highest BCUT2D eigenvalue weighted by Crippen LogP contribution is 2.31. The van der Waals surface area contributed by atoms with Crippen LogP contribution in [0.25, 0.3) is 17.3 Å². The van der Waals surface area contributed by atoms with Crippen molar-refractivity contribution in [3.63, 3.8) is 0 Å². The van der Waals surface area contributed by atoms with Crippen LogP contribution in [-0.2, 0) is 29.1 Å². The molecule has 0 saturated carbocycles. The molecule has 9 nitrogen and oxygen atoms in total. The maximum Gasteiger partial charge on any atom is 0.313 e. The zero-order chi connectivity index (χ0) is 27.0. The van der Waals surface area contributed by atoms with Crippen LogP contribution >= 0.6 is 0 Å². The number of ketones is 2. The summed E-state index contributed by atoms with van der Waals surface area (Å²) in [4.78, 5) is 45.0. The van der Waals surface area contributed by atoms with Crippen molar-refractivity contribution >= 4 is 39.6 Å². The number of esters is 1. The number of ether oxygens (including phenoxy) is 1. The number of hydrogen-bond donors (Lipinski definition) is 0. The van der Waals surface area contributed by atoms with Gasteiger partial charge in [-0.2, -0.15) is 0 Å². The second-order valence-electron chi connectivity index (χ2n) is 8.48. The molecule has 0 aliphatic heterocycles. The summed E-state index contributed by atoms with van der Waals surface area (Å²) in [5.41, 5.74) is 1.64. The van der Waals surface area contributed by atoms with Gasteiger partial charge in [0, 0.05) is 18.2 Å². The smallest absolute Gasteiger partial charge is 0.313 e. The highest BCUT2D eigenvalue weighted by molar-refractivity contribution is 7.92. The van der Waals surface area contributed by atoms with E-state index in [1.807, 2.05) is 20.8 Å². The zero-order valence-corrected chi connectivity index (χ0v) is 21.8. The van der Waals surface area contributed by atoms with E-state index < -0.39 is 46.2 Å². The van der Waals surface area contributed by atoms with Crippen LogP contribution in [0.1, 0.15) is 57.2 Å². The van der Waals surface area contributed by atoms with Crippen LogP contribution in [-0.4, -0.2) is 55.8 Å². The number of halogens is 1. The first-order valence-corrected chi connectivity index (χ1v) is 13.2. The van der Waals surface area contributed by atoms with Crippen molar-refractivity contribution in [3.05, 3.63) is 47.4 Å². The summed E-state index contributed by atoms with van der Waals surface area (Å²) in [7, 11) is -2.35. The van der Waals surface area contributed by atoms with Gasteiger partial charge in [0.1, 0.15) is 12.2 Å². The lowest BCUT2D eigenvalue weighted by Crippen LogP contribution is -2.27. The molecule has 0 bridgehead atoms. The van der Waals surface area contributed by atoms with E-state index in [2.05, 4.69) is 9.97 Å². The normalized spacial score (nSPS) is 11.6. The largest absolute Gasteiger partial charge is 0.465 e. The van der Waals surface area contributed by atoms with Gasteiger partial charge in [-0.1, -0.05) is 20.8 Å². The van der Waals surface area contributed by atoms with Gasteiger partial charge in [0.05, 0.1) is 30.7 Å². The van der Waals surface area contributed by atoms with E-state index in [0.29, 0.717) is 23.2 Å². The Hall–Kier alpha value is -3.47. The lowest BCUT2D eigenvalue weighted by molar-refractivity contribution is -0.146. The van der Waals surface area contributed by atoms with Crippen LogP contribution in [0.15, 0.2) is 30.3 Å². The van der Waals surface area contributed by atoms with E-state index in [9.17, 15) is 27.2 Å². The van der Waals surface area contributed by atoms with Crippen LogP contribution in [0.4, 0.5) is 10.3 Å². The maximum absolute atomic E-state index is 13.6. The number of rotatable bonds is 12. The molecular formula is C25H30FN3O6S. The van der Waals surface area contributed by atoms with Gasteiger partial charge in [-0.3, -0.25) is 14.4 Å². The van der Waals surface area contributed by atoms with Gasteiger partial charge in [-0.15, -0.1) is 0 Å². The first-order valence-electron chi connectivity index (χ1n) is 11.3. The number of carbonyl (C=O) groups excluding carboxylic acids is 3. The van der Waals surface area contributed by atoms with Gasteiger partial charge in [0.15, 0.2) is 11.6 Å². The standard InChI is InChI=1S/C25H30FN3O6S/c1-6-13-35-22(32)15-20(31)14-19(30)11-12-21-23(16(2)3)27-25(29(4)36(5,33)34)28-24(21)17-7-9-18(26)10-8-17/h7-12,16H,6,13-15H2,1-5H3/b12-11+. The fourth-order valence-electron chi connectivity index (χ4n) is 3.12. The van der Waals surface area contributed by atoms with Crippen molar-refractivity contribution in [1.29, 1.82) is 0 Å². The molecule has 0 spiro atoms. The number of Topliss-reactive ketones (excluding diaryl/α,β-unsaturated/α-hetero) is 1. The van der Waals surface area contributed by atoms with Crippen LogP contribution in [0, 0.1) is 5.82 Å². The molecule has 0 aliphatic rings. The number of benzene rings is 1. The van der Waals surface area contributed by atoms with E-state index in [0.717, 1.165) is 10.6 Å². The molecule has 0 aliphatic carbocycles. The molecule has 2 rings (SSSR count). The molecule has 0 amide bonds. The van der Waals surface area contributed by atoms with Crippen LogP contribution in [0.2, 0.25) is 0 Å². The summed E-state index contributed by atoms with van der Waals surface area (Å²) in [6.07, 6.45) is 3.29. The third-order valence-electron chi connectivity index (χ3n) is 5.02. The lowest BCUT2D eigenvalue weighted by atomic mass is 9.97. The minimum atomic E-state index is -3.67. The Morgan fingerprint density at radius 2 is 1.75 bits per heavy atom. The van der Waals surface area contributed by atoms with Crippen molar-refractivity contribution in [2.45, 2.75) is 46.0 Å². The molecule has 194 valence electrons. The quantitative estimate of drug-likeness (QED) is 0.236. The molecule has 1 heterocycles. The predicted molar refractivity (Wildman–Crippen MR) is 134 cm³/mol. The Morgan fingerprint density at radius 1 is 1.11 bits per heavy atom. The molecule has 0 fully saturated rings. The van der Waals surface area contributed by atoms with Crippen LogP contribution in [0.5, 0.6) is 0 Å². The molecule has 0 N–H and O–H groups in total. The van der Waals surface area contributed by atoms with Gasteiger partial charge in [0.25, 0.3) is 0 Å². The van der Waals surface area contributed by atoms with Crippen molar-refractivity contribution in [2.24, 2.45) is 0 Å². The number of carbonyl (C=O) groups is 3. The summed E-state index contributed by atoms with van der Waals surface area (Å²) in [5.74, 6) is -2.55. The van der Waals surface area contributed by atoms with Gasteiger partial charge in [0.2, 0.25) is 16.0 Å².